The molecule has 0 saturated heterocycles. The first kappa shape index (κ1) is 16.0. The number of benzene rings is 2. The highest BCUT2D eigenvalue weighted by atomic mass is 35.5. The molecule has 0 radical (unpaired) electrons. The highest BCUT2D eigenvalue weighted by molar-refractivity contribution is 6.36. The summed E-state index contributed by atoms with van der Waals surface area (Å²) in [6.07, 6.45) is -4.76. The quantitative estimate of drug-likeness (QED) is 0.819. The van der Waals surface area contributed by atoms with Crippen LogP contribution in [-0.4, -0.2) is 12.3 Å². The van der Waals surface area contributed by atoms with E-state index in [0.717, 1.165) is 12.1 Å². The number of nitrogens with one attached hydrogen (secondary N) is 1. The Labute approximate surface area is 139 Å². The first-order valence-corrected chi connectivity index (χ1v) is 7.16. The van der Waals surface area contributed by atoms with E-state index in [9.17, 15) is 18.0 Å². The van der Waals surface area contributed by atoms with Gasteiger partial charge in [0, 0.05) is 21.3 Å². The Morgan fingerprint density at radius 2 is 1.74 bits per heavy atom. The van der Waals surface area contributed by atoms with Gasteiger partial charge in [-0.05, 0) is 29.8 Å². The number of carbonyl (C=O) groups is 1. The van der Waals surface area contributed by atoms with Crippen molar-refractivity contribution in [3.05, 3.63) is 57.6 Å². The molecule has 1 heterocycles. The van der Waals surface area contributed by atoms with Crippen LogP contribution in [0.15, 0.2) is 36.4 Å². The maximum atomic E-state index is 12.2. The van der Waals surface area contributed by atoms with Gasteiger partial charge in [0.15, 0.2) is 0 Å². The highest BCUT2D eigenvalue weighted by Gasteiger charge is 2.35. The van der Waals surface area contributed by atoms with Crippen LogP contribution < -0.4 is 10.1 Å². The lowest BCUT2D eigenvalue weighted by Crippen LogP contribution is -2.17. The molecule has 1 aliphatic rings. The Morgan fingerprint density at radius 3 is 2.35 bits per heavy atom. The fourth-order valence-electron chi connectivity index (χ4n) is 2.50. The number of carbonyl (C=O) groups excluding carboxylic acids is 1. The molecule has 1 N–H and O–H groups in total. The second-order valence-corrected chi connectivity index (χ2v) is 5.73. The Bertz CT molecular complexity index is 776. The number of halogens is 5. The van der Waals surface area contributed by atoms with Gasteiger partial charge in [-0.25, -0.2) is 0 Å². The normalized spacial score (nSPS) is 16.9. The molecule has 0 saturated carbocycles. The third-order valence-electron chi connectivity index (χ3n) is 3.35. The molecule has 1 amide bonds. The van der Waals surface area contributed by atoms with Gasteiger partial charge in [-0.2, -0.15) is 0 Å². The molecule has 2 aromatic carbocycles. The third kappa shape index (κ3) is 3.23. The van der Waals surface area contributed by atoms with E-state index in [-0.39, 0.29) is 11.7 Å². The minimum absolute atomic E-state index is 0.312. The average Bonchev–Trinajstić information content (AvgIpc) is 2.74. The Morgan fingerprint density at radius 1 is 1.09 bits per heavy atom. The molecule has 1 unspecified atom stereocenters. The lowest BCUT2D eigenvalue weighted by molar-refractivity contribution is -0.274. The number of fused-ring (bicyclic) bond motifs is 1. The van der Waals surface area contributed by atoms with Gasteiger partial charge < -0.3 is 10.1 Å². The number of rotatable bonds is 2. The fourth-order valence-corrected chi connectivity index (χ4v) is 3.10. The van der Waals surface area contributed by atoms with Crippen molar-refractivity contribution in [2.45, 2.75) is 12.3 Å². The summed E-state index contributed by atoms with van der Waals surface area (Å²) in [5, 5.41) is 3.35. The summed E-state index contributed by atoms with van der Waals surface area (Å²) < 4.78 is 40.3. The van der Waals surface area contributed by atoms with Crippen LogP contribution in [0.1, 0.15) is 17.0 Å². The standard InChI is InChI=1S/C15H8Cl2F3NO2/c16-8-5-10(17)13-11(6-8)21-14(22)12(13)7-1-3-9(4-2-7)23-15(18,19)20/h1-6,12H,(H,21,22). The largest absolute Gasteiger partial charge is 0.573 e. The van der Waals surface area contributed by atoms with Gasteiger partial charge in [0.05, 0.1) is 5.92 Å². The predicted octanol–water partition coefficient (Wildman–Crippen LogP) is 4.98. The first-order valence-electron chi connectivity index (χ1n) is 6.40. The van der Waals surface area contributed by atoms with Gasteiger partial charge in [0.1, 0.15) is 5.75 Å². The van der Waals surface area contributed by atoms with Crippen LogP contribution >= 0.6 is 23.2 Å². The molecule has 0 aromatic heterocycles. The molecule has 1 aliphatic heterocycles. The molecule has 0 bridgehead atoms. The van der Waals surface area contributed by atoms with Crippen molar-refractivity contribution in [1.82, 2.24) is 0 Å². The zero-order valence-corrected chi connectivity index (χ0v) is 12.8. The fraction of sp³-hybridized carbons (Fsp3) is 0.133. The van der Waals surface area contributed by atoms with Gasteiger partial charge in [-0.3, -0.25) is 4.79 Å². The summed E-state index contributed by atoms with van der Waals surface area (Å²) in [4.78, 5) is 12.2. The molecular weight excluding hydrogens is 354 g/mol. The van der Waals surface area contributed by atoms with E-state index in [1.165, 1.54) is 18.2 Å². The number of alkyl halides is 3. The minimum Gasteiger partial charge on any atom is -0.406 e. The van der Waals surface area contributed by atoms with E-state index < -0.39 is 12.3 Å². The lowest BCUT2D eigenvalue weighted by Gasteiger charge is -2.13. The number of anilines is 1. The van der Waals surface area contributed by atoms with Crippen molar-refractivity contribution in [3.63, 3.8) is 0 Å². The van der Waals surface area contributed by atoms with E-state index in [4.69, 9.17) is 23.2 Å². The van der Waals surface area contributed by atoms with Crippen molar-refractivity contribution < 1.29 is 22.7 Å². The van der Waals surface area contributed by atoms with E-state index in [2.05, 4.69) is 10.1 Å². The Hall–Kier alpha value is -1.92. The second kappa shape index (κ2) is 5.62. The molecule has 8 heteroatoms. The van der Waals surface area contributed by atoms with Crippen molar-refractivity contribution in [2.24, 2.45) is 0 Å². The second-order valence-electron chi connectivity index (χ2n) is 4.89. The summed E-state index contributed by atoms with van der Waals surface area (Å²) >= 11 is 12.0. The molecule has 0 aliphatic carbocycles. The summed E-state index contributed by atoms with van der Waals surface area (Å²) in [6.45, 7) is 0. The van der Waals surface area contributed by atoms with Crippen LogP contribution in [0.3, 0.4) is 0 Å². The monoisotopic (exact) mass is 361 g/mol. The van der Waals surface area contributed by atoms with E-state index in [0.29, 0.717) is 26.9 Å². The van der Waals surface area contributed by atoms with Crippen LogP contribution in [-0.2, 0) is 4.79 Å². The average molecular weight is 362 g/mol. The maximum absolute atomic E-state index is 12.2. The molecule has 120 valence electrons. The Balaban J connectivity index is 1.96. The third-order valence-corrected chi connectivity index (χ3v) is 3.88. The zero-order valence-electron chi connectivity index (χ0n) is 11.2. The minimum atomic E-state index is -4.76. The van der Waals surface area contributed by atoms with E-state index in [1.807, 2.05) is 0 Å². The molecule has 2 aromatic rings. The number of hydrogen-bond acceptors (Lipinski definition) is 2. The van der Waals surface area contributed by atoms with Gasteiger partial charge >= 0.3 is 6.36 Å². The highest BCUT2D eigenvalue weighted by Crippen LogP contribution is 2.43. The molecule has 3 nitrogen and oxygen atoms in total. The van der Waals surface area contributed by atoms with Gasteiger partial charge in [-0.1, -0.05) is 35.3 Å². The SMILES string of the molecule is O=C1Nc2cc(Cl)cc(Cl)c2C1c1ccc(OC(F)(F)F)cc1. The molecule has 1 atom stereocenters. The lowest BCUT2D eigenvalue weighted by atomic mass is 9.92. The maximum Gasteiger partial charge on any atom is 0.573 e. The molecule has 0 spiro atoms. The van der Waals surface area contributed by atoms with Crippen molar-refractivity contribution in [1.29, 1.82) is 0 Å². The van der Waals surface area contributed by atoms with Crippen LogP contribution in [0, 0.1) is 0 Å². The van der Waals surface area contributed by atoms with Crippen molar-refractivity contribution >= 4 is 34.8 Å². The van der Waals surface area contributed by atoms with Gasteiger partial charge in [-0.15, -0.1) is 13.2 Å². The van der Waals surface area contributed by atoms with Crippen LogP contribution in [0.2, 0.25) is 10.0 Å². The van der Waals surface area contributed by atoms with Crippen LogP contribution in [0.5, 0.6) is 5.75 Å². The smallest absolute Gasteiger partial charge is 0.406 e. The van der Waals surface area contributed by atoms with Crippen molar-refractivity contribution in [3.8, 4) is 5.75 Å². The first-order chi connectivity index (χ1) is 10.7. The Kier molecular flexibility index (Phi) is 3.90. The predicted molar refractivity (Wildman–Crippen MR) is 80.1 cm³/mol. The van der Waals surface area contributed by atoms with Gasteiger partial charge in [0.2, 0.25) is 5.91 Å². The molecule has 23 heavy (non-hydrogen) atoms. The number of hydrogen-bond donors (Lipinski definition) is 1. The summed E-state index contributed by atoms with van der Waals surface area (Å²) in [5.74, 6) is -1.40. The van der Waals surface area contributed by atoms with Crippen LogP contribution in [0.4, 0.5) is 18.9 Å². The summed E-state index contributed by atoms with van der Waals surface area (Å²) in [7, 11) is 0. The van der Waals surface area contributed by atoms with Crippen LogP contribution in [0.25, 0.3) is 0 Å². The summed E-state index contributed by atoms with van der Waals surface area (Å²) in [5.41, 5.74) is 1.54. The van der Waals surface area contributed by atoms with E-state index in [1.54, 1.807) is 6.07 Å². The van der Waals surface area contributed by atoms with Crippen molar-refractivity contribution in [2.75, 3.05) is 5.32 Å². The molecular formula is C15H8Cl2F3NO2. The number of amides is 1. The molecule has 0 fully saturated rings. The summed E-state index contributed by atoms with van der Waals surface area (Å²) in [6, 6.07) is 8.17. The number of ether oxygens (including phenoxy) is 1. The molecule has 3 rings (SSSR count). The topological polar surface area (TPSA) is 38.3 Å². The van der Waals surface area contributed by atoms with Gasteiger partial charge in [0.25, 0.3) is 0 Å². The zero-order chi connectivity index (χ0) is 16.8. The van der Waals surface area contributed by atoms with E-state index >= 15 is 0 Å².